The first-order valence-electron chi connectivity index (χ1n) is 8.48. The van der Waals surface area contributed by atoms with Crippen LogP contribution in [0.3, 0.4) is 0 Å². The summed E-state index contributed by atoms with van der Waals surface area (Å²) in [4.78, 5) is 14.9. The molecule has 1 atom stereocenters. The molecule has 3 fully saturated rings. The summed E-state index contributed by atoms with van der Waals surface area (Å²) in [5.74, 6) is 0.232. The summed E-state index contributed by atoms with van der Waals surface area (Å²) < 4.78 is 5.52. The molecule has 7 heteroatoms. The third-order valence-electron chi connectivity index (χ3n) is 5.10. The Morgan fingerprint density at radius 3 is 2.84 bits per heavy atom. The standard InChI is InChI=1S/C18H24ClN3O3/c1-2-7-25-16-9-15(20)14(19)8-13(16)17(23)21-10-18(24)11-22-5-3-12(18)4-6-22/h2,8-9,12,24H,1,3-7,10-11,20H2,(H,21,23). The number of aliphatic hydroxyl groups is 1. The second-order valence-corrected chi connectivity index (χ2v) is 7.21. The smallest absolute Gasteiger partial charge is 0.255 e. The van der Waals surface area contributed by atoms with Gasteiger partial charge in [-0.3, -0.25) is 4.79 Å². The van der Waals surface area contributed by atoms with Gasteiger partial charge in [0.15, 0.2) is 0 Å². The lowest BCUT2D eigenvalue weighted by molar-refractivity contribution is -0.108. The molecule has 0 saturated carbocycles. The van der Waals surface area contributed by atoms with E-state index in [1.165, 1.54) is 12.1 Å². The number of carbonyl (C=O) groups excluding carboxylic acids is 1. The van der Waals surface area contributed by atoms with E-state index >= 15 is 0 Å². The predicted molar refractivity (Wildman–Crippen MR) is 98.0 cm³/mol. The van der Waals surface area contributed by atoms with Gasteiger partial charge in [0.2, 0.25) is 0 Å². The molecule has 3 saturated heterocycles. The van der Waals surface area contributed by atoms with Gasteiger partial charge in [0, 0.05) is 19.2 Å². The van der Waals surface area contributed by atoms with Crippen molar-refractivity contribution in [1.82, 2.24) is 10.2 Å². The Kier molecular flexibility index (Phi) is 5.22. The predicted octanol–water partition coefficient (Wildman–Crippen LogP) is 1.67. The summed E-state index contributed by atoms with van der Waals surface area (Å²) in [5, 5.41) is 14.0. The lowest BCUT2D eigenvalue weighted by Gasteiger charge is -2.50. The van der Waals surface area contributed by atoms with Crippen LogP contribution in [0.1, 0.15) is 23.2 Å². The first-order chi connectivity index (χ1) is 11.9. The second kappa shape index (κ2) is 7.23. The maximum absolute atomic E-state index is 12.6. The van der Waals surface area contributed by atoms with Gasteiger partial charge in [-0.05, 0) is 37.9 Å². The molecule has 25 heavy (non-hydrogen) atoms. The van der Waals surface area contributed by atoms with E-state index in [-0.39, 0.29) is 30.0 Å². The van der Waals surface area contributed by atoms with Crippen molar-refractivity contribution in [1.29, 1.82) is 0 Å². The van der Waals surface area contributed by atoms with Gasteiger partial charge in [-0.2, -0.15) is 0 Å². The fourth-order valence-electron chi connectivity index (χ4n) is 3.69. The van der Waals surface area contributed by atoms with Crippen molar-refractivity contribution in [3.8, 4) is 5.75 Å². The minimum atomic E-state index is -0.883. The molecule has 1 aromatic rings. The molecule has 1 unspecified atom stereocenters. The van der Waals surface area contributed by atoms with Gasteiger partial charge in [0.05, 0.1) is 21.9 Å². The molecular weight excluding hydrogens is 342 g/mol. The molecule has 1 amide bonds. The summed E-state index contributed by atoms with van der Waals surface area (Å²) in [6.07, 6.45) is 3.52. The fraction of sp³-hybridized carbons (Fsp3) is 0.500. The Balaban J connectivity index is 1.72. The number of anilines is 1. The Hall–Kier alpha value is -1.76. The van der Waals surface area contributed by atoms with Crippen LogP contribution < -0.4 is 15.8 Å². The van der Waals surface area contributed by atoms with E-state index in [4.69, 9.17) is 22.1 Å². The number of benzene rings is 1. The van der Waals surface area contributed by atoms with Gasteiger partial charge in [0.25, 0.3) is 5.91 Å². The Bertz CT molecular complexity index is 674. The maximum Gasteiger partial charge on any atom is 0.255 e. The van der Waals surface area contributed by atoms with Crippen LogP contribution in [0, 0.1) is 5.92 Å². The van der Waals surface area contributed by atoms with Crippen LogP contribution in [-0.2, 0) is 0 Å². The molecule has 3 aliphatic rings. The van der Waals surface area contributed by atoms with Gasteiger partial charge in [0.1, 0.15) is 12.4 Å². The number of hydrogen-bond donors (Lipinski definition) is 3. The molecule has 2 bridgehead atoms. The molecular formula is C18H24ClN3O3. The highest BCUT2D eigenvalue weighted by atomic mass is 35.5. The number of nitrogen functional groups attached to an aromatic ring is 1. The van der Waals surface area contributed by atoms with Crippen LogP contribution in [0.4, 0.5) is 5.69 Å². The minimum Gasteiger partial charge on any atom is -0.489 e. The van der Waals surface area contributed by atoms with E-state index < -0.39 is 5.60 Å². The van der Waals surface area contributed by atoms with Crippen LogP contribution >= 0.6 is 11.6 Å². The van der Waals surface area contributed by atoms with Crippen molar-refractivity contribution in [2.24, 2.45) is 5.92 Å². The molecule has 1 aromatic carbocycles. The molecule has 4 N–H and O–H groups in total. The molecule has 136 valence electrons. The first kappa shape index (κ1) is 18.0. The Morgan fingerprint density at radius 1 is 1.52 bits per heavy atom. The number of piperidine rings is 3. The number of ether oxygens (including phenoxy) is 1. The highest BCUT2D eigenvalue weighted by molar-refractivity contribution is 6.33. The number of nitrogens with two attached hydrogens (primary N) is 1. The highest BCUT2D eigenvalue weighted by Crippen LogP contribution is 2.35. The number of halogens is 1. The normalized spacial score (nSPS) is 27.8. The summed E-state index contributed by atoms with van der Waals surface area (Å²) in [6.45, 7) is 6.70. The Morgan fingerprint density at radius 2 is 2.24 bits per heavy atom. The summed E-state index contributed by atoms with van der Waals surface area (Å²) in [7, 11) is 0. The third-order valence-corrected chi connectivity index (χ3v) is 5.43. The quantitative estimate of drug-likeness (QED) is 0.527. The summed E-state index contributed by atoms with van der Waals surface area (Å²) in [5.41, 5.74) is 5.55. The highest BCUT2D eigenvalue weighted by Gasteiger charge is 2.45. The first-order valence-corrected chi connectivity index (χ1v) is 8.86. The average Bonchev–Trinajstić information content (AvgIpc) is 2.61. The molecule has 6 nitrogen and oxygen atoms in total. The molecule has 0 aromatic heterocycles. The number of nitrogens with zero attached hydrogens (tertiary/aromatic N) is 1. The van der Waals surface area contributed by atoms with Crippen molar-refractivity contribution in [2.45, 2.75) is 18.4 Å². The number of nitrogens with one attached hydrogen (secondary N) is 1. The monoisotopic (exact) mass is 365 g/mol. The van der Waals surface area contributed by atoms with Crippen LogP contribution in [0.5, 0.6) is 5.75 Å². The van der Waals surface area contributed by atoms with E-state index in [1.807, 2.05) is 0 Å². The molecule has 4 rings (SSSR count). The number of amides is 1. The summed E-state index contributed by atoms with van der Waals surface area (Å²) in [6, 6.07) is 3.02. The van der Waals surface area contributed by atoms with E-state index in [1.54, 1.807) is 6.08 Å². The van der Waals surface area contributed by atoms with E-state index in [2.05, 4.69) is 16.8 Å². The minimum absolute atomic E-state index is 0.204. The lowest BCUT2D eigenvalue weighted by atomic mass is 9.75. The van der Waals surface area contributed by atoms with Gasteiger partial charge < -0.3 is 25.8 Å². The van der Waals surface area contributed by atoms with Crippen LogP contribution in [0.2, 0.25) is 5.02 Å². The van der Waals surface area contributed by atoms with Crippen molar-refractivity contribution in [3.63, 3.8) is 0 Å². The van der Waals surface area contributed by atoms with E-state index in [0.717, 1.165) is 25.9 Å². The van der Waals surface area contributed by atoms with Crippen molar-refractivity contribution >= 4 is 23.2 Å². The topological polar surface area (TPSA) is 87.8 Å². The number of fused-ring (bicyclic) bond motifs is 3. The molecule has 3 aliphatic heterocycles. The zero-order chi connectivity index (χ0) is 18.0. The lowest BCUT2D eigenvalue weighted by Crippen LogP contribution is -2.63. The summed E-state index contributed by atoms with van der Waals surface area (Å²) >= 11 is 6.05. The molecule has 3 heterocycles. The van der Waals surface area contributed by atoms with Crippen molar-refractivity contribution in [3.05, 3.63) is 35.4 Å². The fourth-order valence-corrected chi connectivity index (χ4v) is 3.85. The molecule has 0 spiro atoms. The number of carbonyl (C=O) groups is 1. The third kappa shape index (κ3) is 3.76. The van der Waals surface area contributed by atoms with Crippen molar-refractivity contribution in [2.75, 3.05) is 38.5 Å². The van der Waals surface area contributed by atoms with Gasteiger partial charge in [-0.25, -0.2) is 0 Å². The van der Waals surface area contributed by atoms with Crippen LogP contribution in [0.15, 0.2) is 24.8 Å². The Labute approximate surface area is 152 Å². The van der Waals surface area contributed by atoms with Crippen LogP contribution in [-0.4, -0.2) is 54.3 Å². The van der Waals surface area contributed by atoms with Crippen LogP contribution in [0.25, 0.3) is 0 Å². The van der Waals surface area contributed by atoms with Gasteiger partial charge in [-0.1, -0.05) is 24.3 Å². The van der Waals surface area contributed by atoms with Gasteiger partial charge in [-0.15, -0.1) is 0 Å². The molecule has 0 radical (unpaired) electrons. The number of hydrogen-bond acceptors (Lipinski definition) is 5. The zero-order valence-electron chi connectivity index (χ0n) is 14.1. The van der Waals surface area contributed by atoms with Gasteiger partial charge >= 0.3 is 0 Å². The molecule has 0 aliphatic carbocycles. The maximum atomic E-state index is 12.6. The largest absolute Gasteiger partial charge is 0.489 e. The SMILES string of the molecule is C=CCOc1cc(N)c(Cl)cc1C(=O)NCC1(O)CN2CCC1CC2. The average molecular weight is 366 g/mol. The number of rotatable bonds is 6. The van der Waals surface area contributed by atoms with E-state index in [9.17, 15) is 9.90 Å². The zero-order valence-corrected chi connectivity index (χ0v) is 14.9. The second-order valence-electron chi connectivity index (χ2n) is 6.81. The van der Waals surface area contributed by atoms with Crippen molar-refractivity contribution < 1.29 is 14.6 Å². The van der Waals surface area contributed by atoms with E-state index in [0.29, 0.717) is 23.5 Å².